The van der Waals surface area contributed by atoms with Crippen molar-refractivity contribution >= 4 is 23.2 Å². The molecule has 1 heterocycles. The Kier molecular flexibility index (Phi) is 3.56. The Morgan fingerprint density at radius 1 is 1.30 bits per heavy atom. The predicted octanol–water partition coefficient (Wildman–Crippen LogP) is 1.98. The number of alkyl halides is 3. The van der Waals surface area contributed by atoms with Crippen LogP contribution in [-0.2, 0) is 11.0 Å². The number of nitrogens with two attached hydrogens (primary N) is 1. The third-order valence-corrected chi connectivity index (χ3v) is 2.91. The number of primary amides is 1. The lowest BCUT2D eigenvalue weighted by molar-refractivity contribution is -0.137. The topological polar surface area (TPSA) is 75.4 Å². The molecule has 108 valence electrons. The van der Waals surface area contributed by atoms with Crippen LogP contribution in [0.1, 0.15) is 12.0 Å². The van der Waals surface area contributed by atoms with E-state index in [2.05, 4.69) is 5.32 Å². The first-order valence-electron chi connectivity index (χ1n) is 5.81. The smallest absolute Gasteiger partial charge is 0.364 e. The molecule has 1 aliphatic heterocycles. The van der Waals surface area contributed by atoms with Crippen LogP contribution in [0.4, 0.5) is 29.3 Å². The largest absolute Gasteiger partial charge is 0.416 e. The summed E-state index contributed by atoms with van der Waals surface area (Å²) in [7, 11) is 0. The van der Waals surface area contributed by atoms with Gasteiger partial charge >= 0.3 is 12.2 Å². The number of nitrogens with one attached hydrogen (secondary N) is 1. The monoisotopic (exact) mass is 287 g/mol. The van der Waals surface area contributed by atoms with E-state index in [1.165, 1.54) is 11.0 Å². The van der Waals surface area contributed by atoms with Crippen molar-refractivity contribution in [3.8, 4) is 0 Å². The standard InChI is InChI=1S/C12H12F3N3O2/c13-12(14,15)7-3-8(17-11(16)20)5-9(4-7)18-2-1-10(19)6-18/h3-5H,1-2,6H2,(H3,16,17,20). The fourth-order valence-corrected chi connectivity index (χ4v) is 2.02. The van der Waals surface area contributed by atoms with E-state index >= 15 is 0 Å². The molecule has 0 aromatic heterocycles. The number of urea groups is 1. The van der Waals surface area contributed by atoms with E-state index in [-0.39, 0.29) is 23.7 Å². The minimum absolute atomic E-state index is 0.0353. The van der Waals surface area contributed by atoms with Crippen LogP contribution in [0.3, 0.4) is 0 Å². The number of ketones is 1. The average Bonchev–Trinajstić information content (AvgIpc) is 2.73. The van der Waals surface area contributed by atoms with Gasteiger partial charge in [0.15, 0.2) is 5.78 Å². The molecule has 5 nitrogen and oxygen atoms in total. The second-order valence-electron chi connectivity index (χ2n) is 4.47. The molecule has 2 rings (SSSR count). The maximum Gasteiger partial charge on any atom is 0.416 e. The molecule has 8 heteroatoms. The first-order chi connectivity index (χ1) is 9.25. The maximum absolute atomic E-state index is 12.8. The zero-order valence-electron chi connectivity index (χ0n) is 10.3. The van der Waals surface area contributed by atoms with E-state index in [9.17, 15) is 22.8 Å². The first kappa shape index (κ1) is 14.2. The van der Waals surface area contributed by atoms with E-state index in [0.29, 0.717) is 13.0 Å². The second-order valence-corrected chi connectivity index (χ2v) is 4.47. The summed E-state index contributed by atoms with van der Waals surface area (Å²) in [4.78, 5) is 23.5. The Balaban J connectivity index is 2.40. The molecule has 3 N–H and O–H groups in total. The van der Waals surface area contributed by atoms with Gasteiger partial charge in [0.05, 0.1) is 12.1 Å². The summed E-state index contributed by atoms with van der Waals surface area (Å²) in [6.45, 7) is 0.424. The van der Waals surface area contributed by atoms with Gasteiger partial charge in [0.2, 0.25) is 0 Å². The maximum atomic E-state index is 12.8. The molecule has 0 unspecified atom stereocenters. The molecule has 1 aromatic rings. The van der Waals surface area contributed by atoms with Gasteiger partial charge in [-0.1, -0.05) is 0 Å². The summed E-state index contributed by atoms with van der Waals surface area (Å²) >= 11 is 0. The summed E-state index contributed by atoms with van der Waals surface area (Å²) < 4.78 is 38.5. The van der Waals surface area contributed by atoms with E-state index in [1.807, 2.05) is 0 Å². The highest BCUT2D eigenvalue weighted by Crippen LogP contribution is 2.35. The fraction of sp³-hybridized carbons (Fsp3) is 0.333. The molecule has 1 aromatic carbocycles. The Bertz CT molecular complexity index is 557. The molecule has 2 amide bonds. The molecule has 0 bridgehead atoms. The summed E-state index contributed by atoms with van der Waals surface area (Å²) in [5.74, 6) is -0.0353. The molecule has 1 saturated heterocycles. The van der Waals surface area contributed by atoms with Crippen molar-refractivity contribution in [2.75, 3.05) is 23.3 Å². The summed E-state index contributed by atoms with van der Waals surface area (Å²) in [6.07, 6.45) is -4.25. The van der Waals surface area contributed by atoms with Gasteiger partial charge in [-0.2, -0.15) is 13.2 Å². The number of carbonyl (C=O) groups excluding carboxylic acids is 2. The van der Waals surface area contributed by atoms with Crippen LogP contribution >= 0.6 is 0 Å². The number of amides is 2. The Labute approximate surface area is 112 Å². The van der Waals surface area contributed by atoms with Crippen molar-refractivity contribution in [1.29, 1.82) is 0 Å². The van der Waals surface area contributed by atoms with Crippen LogP contribution in [0.15, 0.2) is 18.2 Å². The van der Waals surface area contributed by atoms with Gasteiger partial charge in [-0.3, -0.25) is 4.79 Å². The predicted molar refractivity (Wildman–Crippen MR) is 66.5 cm³/mol. The third kappa shape index (κ3) is 3.19. The van der Waals surface area contributed by atoms with Gasteiger partial charge in [-0.05, 0) is 18.2 Å². The number of carbonyl (C=O) groups is 2. The van der Waals surface area contributed by atoms with Crippen LogP contribution in [0, 0.1) is 0 Å². The van der Waals surface area contributed by atoms with Crippen LogP contribution < -0.4 is 16.0 Å². The molecular formula is C12H12F3N3O2. The van der Waals surface area contributed by atoms with Gasteiger partial charge in [0.25, 0.3) is 0 Å². The number of rotatable bonds is 2. The van der Waals surface area contributed by atoms with Crippen LogP contribution in [0.25, 0.3) is 0 Å². The first-order valence-corrected chi connectivity index (χ1v) is 5.81. The number of nitrogens with zero attached hydrogens (tertiary/aromatic N) is 1. The highest BCUT2D eigenvalue weighted by atomic mass is 19.4. The lowest BCUT2D eigenvalue weighted by Gasteiger charge is -2.20. The van der Waals surface area contributed by atoms with E-state index < -0.39 is 17.8 Å². The number of halogens is 3. The van der Waals surface area contributed by atoms with E-state index in [0.717, 1.165) is 12.1 Å². The molecule has 1 aliphatic rings. The van der Waals surface area contributed by atoms with Crippen molar-refractivity contribution in [2.45, 2.75) is 12.6 Å². The van der Waals surface area contributed by atoms with Crippen molar-refractivity contribution in [2.24, 2.45) is 5.73 Å². The normalized spacial score (nSPS) is 15.6. The number of hydrogen-bond donors (Lipinski definition) is 2. The Morgan fingerprint density at radius 3 is 2.50 bits per heavy atom. The molecule has 1 fully saturated rings. The molecule has 20 heavy (non-hydrogen) atoms. The number of benzene rings is 1. The zero-order valence-corrected chi connectivity index (χ0v) is 10.3. The molecule has 0 saturated carbocycles. The van der Waals surface area contributed by atoms with Crippen LogP contribution in [0.2, 0.25) is 0 Å². The Hall–Kier alpha value is -2.25. The second kappa shape index (κ2) is 5.03. The molecule has 0 aliphatic carbocycles. The van der Waals surface area contributed by atoms with Gasteiger partial charge in [-0.15, -0.1) is 0 Å². The number of hydrogen-bond acceptors (Lipinski definition) is 3. The number of anilines is 2. The lowest BCUT2D eigenvalue weighted by Crippen LogP contribution is -2.22. The third-order valence-electron chi connectivity index (χ3n) is 2.91. The van der Waals surface area contributed by atoms with Crippen molar-refractivity contribution in [3.05, 3.63) is 23.8 Å². The van der Waals surface area contributed by atoms with E-state index in [1.54, 1.807) is 0 Å². The zero-order chi connectivity index (χ0) is 14.9. The summed E-state index contributed by atoms with van der Waals surface area (Å²) in [5.41, 5.74) is 4.18. The van der Waals surface area contributed by atoms with E-state index in [4.69, 9.17) is 5.73 Å². The SMILES string of the molecule is NC(=O)Nc1cc(N2CCC(=O)C2)cc(C(F)(F)F)c1. The van der Waals surface area contributed by atoms with Gasteiger partial charge < -0.3 is 16.0 Å². The average molecular weight is 287 g/mol. The minimum atomic E-state index is -4.55. The fourth-order valence-electron chi connectivity index (χ4n) is 2.02. The molecule has 0 spiro atoms. The molecule has 0 atom stereocenters. The lowest BCUT2D eigenvalue weighted by atomic mass is 10.1. The van der Waals surface area contributed by atoms with Crippen molar-refractivity contribution < 1.29 is 22.8 Å². The van der Waals surface area contributed by atoms with Crippen LogP contribution in [0.5, 0.6) is 0 Å². The van der Waals surface area contributed by atoms with Crippen molar-refractivity contribution in [1.82, 2.24) is 0 Å². The number of Topliss-reactive ketones (excluding diaryl/α,β-unsaturated/α-hetero) is 1. The van der Waals surface area contributed by atoms with Gasteiger partial charge in [0.1, 0.15) is 0 Å². The highest BCUT2D eigenvalue weighted by Gasteiger charge is 2.32. The highest BCUT2D eigenvalue weighted by molar-refractivity contribution is 5.90. The van der Waals surface area contributed by atoms with Gasteiger partial charge in [-0.25, -0.2) is 4.79 Å². The summed E-state index contributed by atoms with van der Waals surface area (Å²) in [5, 5.41) is 2.12. The minimum Gasteiger partial charge on any atom is -0.364 e. The van der Waals surface area contributed by atoms with Crippen LogP contribution in [-0.4, -0.2) is 24.9 Å². The summed E-state index contributed by atoms with van der Waals surface area (Å²) in [6, 6.07) is 2.16. The van der Waals surface area contributed by atoms with Gasteiger partial charge in [0, 0.05) is 24.3 Å². The Morgan fingerprint density at radius 2 is 2.00 bits per heavy atom. The molecular weight excluding hydrogens is 275 g/mol. The molecule has 0 radical (unpaired) electrons. The quantitative estimate of drug-likeness (QED) is 0.873. The van der Waals surface area contributed by atoms with Crippen molar-refractivity contribution in [3.63, 3.8) is 0 Å².